The zero-order chi connectivity index (χ0) is 15.8. The molecule has 1 saturated carbocycles. The summed E-state index contributed by atoms with van der Waals surface area (Å²) in [4.78, 5) is 13.7. The van der Waals surface area contributed by atoms with Crippen molar-refractivity contribution in [3.63, 3.8) is 0 Å². The fourth-order valence-corrected chi connectivity index (χ4v) is 3.40. The van der Waals surface area contributed by atoms with Crippen LogP contribution < -0.4 is 4.74 Å². The van der Waals surface area contributed by atoms with Crippen LogP contribution in [0.2, 0.25) is 5.02 Å². The van der Waals surface area contributed by atoms with Crippen LogP contribution in [0.15, 0.2) is 17.0 Å². The Morgan fingerprint density at radius 3 is 2.52 bits per heavy atom. The van der Waals surface area contributed by atoms with Crippen LogP contribution >= 0.6 is 22.3 Å². The molecular weight excluding hydrogens is 337 g/mol. The highest BCUT2D eigenvalue weighted by atomic mass is 35.7. The van der Waals surface area contributed by atoms with Gasteiger partial charge in [0.15, 0.2) is 5.75 Å². The summed E-state index contributed by atoms with van der Waals surface area (Å²) in [7, 11) is 4.25. The van der Waals surface area contributed by atoms with Crippen LogP contribution in [-0.4, -0.2) is 39.9 Å². The van der Waals surface area contributed by atoms with Gasteiger partial charge in [-0.1, -0.05) is 11.6 Å². The molecule has 0 atom stereocenters. The number of benzene rings is 1. The molecule has 0 aromatic heterocycles. The number of amides is 1. The summed E-state index contributed by atoms with van der Waals surface area (Å²) in [6.07, 6.45) is 2.21. The summed E-state index contributed by atoms with van der Waals surface area (Å²) in [6, 6.07) is 2.55. The molecule has 1 amide bonds. The molecule has 0 spiro atoms. The highest BCUT2D eigenvalue weighted by molar-refractivity contribution is 8.13. The van der Waals surface area contributed by atoms with E-state index >= 15 is 0 Å². The lowest BCUT2D eigenvalue weighted by Crippen LogP contribution is -2.29. The van der Waals surface area contributed by atoms with Crippen LogP contribution in [0.4, 0.5) is 0 Å². The zero-order valence-electron chi connectivity index (χ0n) is 11.6. The van der Waals surface area contributed by atoms with Crippen molar-refractivity contribution < 1.29 is 17.9 Å². The minimum absolute atomic E-state index is 0.0814. The molecule has 0 aliphatic heterocycles. The molecule has 0 saturated heterocycles. The van der Waals surface area contributed by atoms with E-state index in [1.807, 2.05) is 0 Å². The van der Waals surface area contributed by atoms with E-state index in [9.17, 15) is 13.2 Å². The maximum atomic E-state index is 12.5. The van der Waals surface area contributed by atoms with Crippen LogP contribution in [0.3, 0.4) is 0 Å². The molecule has 1 aromatic rings. The molecule has 0 radical (unpaired) electrons. The van der Waals surface area contributed by atoms with Crippen molar-refractivity contribution in [3.05, 3.63) is 22.7 Å². The van der Waals surface area contributed by atoms with Gasteiger partial charge in [-0.15, -0.1) is 0 Å². The minimum atomic E-state index is -4.07. The minimum Gasteiger partial charge on any atom is -0.494 e. The van der Waals surface area contributed by atoms with Crippen molar-refractivity contribution >= 4 is 37.2 Å². The molecule has 2 rings (SSSR count). The molecule has 1 aliphatic rings. The Balaban J connectivity index is 2.46. The van der Waals surface area contributed by atoms with Gasteiger partial charge in [0, 0.05) is 29.3 Å². The predicted octanol–water partition coefficient (Wildman–Crippen LogP) is 2.76. The Bertz CT molecular complexity index is 671. The van der Waals surface area contributed by atoms with Gasteiger partial charge in [-0.25, -0.2) is 8.42 Å². The van der Waals surface area contributed by atoms with Crippen LogP contribution in [0.1, 0.15) is 23.2 Å². The molecule has 0 N–H and O–H groups in total. The van der Waals surface area contributed by atoms with Crippen molar-refractivity contribution in [3.8, 4) is 5.75 Å². The van der Waals surface area contributed by atoms with Gasteiger partial charge >= 0.3 is 0 Å². The number of carbonyl (C=O) groups is 1. The molecule has 1 fully saturated rings. The second kappa shape index (κ2) is 6.02. The molecule has 5 nitrogen and oxygen atoms in total. The van der Waals surface area contributed by atoms with Crippen LogP contribution in [0.25, 0.3) is 0 Å². The van der Waals surface area contributed by atoms with Crippen LogP contribution in [0.5, 0.6) is 5.75 Å². The zero-order valence-corrected chi connectivity index (χ0v) is 13.9. The number of ether oxygens (including phenoxy) is 1. The molecule has 0 unspecified atom stereocenters. The van der Waals surface area contributed by atoms with Crippen molar-refractivity contribution in [2.75, 3.05) is 20.7 Å². The number of nitrogens with zero attached hydrogens (tertiary/aromatic N) is 1. The van der Waals surface area contributed by atoms with Gasteiger partial charge in [0.25, 0.3) is 15.0 Å². The Morgan fingerprint density at radius 1 is 1.43 bits per heavy atom. The molecule has 1 aliphatic carbocycles. The summed E-state index contributed by atoms with van der Waals surface area (Å²) in [5.74, 6) is 0.0882. The van der Waals surface area contributed by atoms with Gasteiger partial charge in [-0.3, -0.25) is 4.79 Å². The number of halogens is 2. The third-order valence-corrected chi connectivity index (χ3v) is 4.84. The second-order valence-corrected chi connectivity index (χ2v) is 8.02. The summed E-state index contributed by atoms with van der Waals surface area (Å²) in [5.41, 5.74) is 0.0902. The summed E-state index contributed by atoms with van der Waals surface area (Å²) in [5, 5.41) is 0.109. The summed E-state index contributed by atoms with van der Waals surface area (Å²) < 4.78 is 28.3. The van der Waals surface area contributed by atoms with E-state index in [4.69, 9.17) is 27.0 Å². The Morgan fingerprint density at radius 2 is 2.05 bits per heavy atom. The largest absolute Gasteiger partial charge is 0.494 e. The molecule has 0 heterocycles. The summed E-state index contributed by atoms with van der Waals surface area (Å²) in [6.45, 7) is 0.622. The molecule has 0 bridgehead atoms. The highest BCUT2D eigenvalue weighted by Crippen LogP contribution is 2.35. The molecule has 21 heavy (non-hydrogen) atoms. The van der Waals surface area contributed by atoms with Gasteiger partial charge in [-0.05, 0) is 30.9 Å². The number of methoxy groups -OCH3 is 1. The van der Waals surface area contributed by atoms with Crippen molar-refractivity contribution in [1.82, 2.24) is 4.90 Å². The second-order valence-electron chi connectivity index (χ2n) is 5.05. The third-order valence-electron chi connectivity index (χ3n) is 3.29. The van der Waals surface area contributed by atoms with E-state index in [2.05, 4.69) is 0 Å². The molecule has 1 aromatic carbocycles. The van der Waals surface area contributed by atoms with E-state index in [0.29, 0.717) is 12.5 Å². The number of hydrogen-bond donors (Lipinski definition) is 0. The monoisotopic (exact) mass is 351 g/mol. The predicted molar refractivity (Wildman–Crippen MR) is 80.7 cm³/mol. The lowest BCUT2D eigenvalue weighted by Gasteiger charge is -2.19. The topological polar surface area (TPSA) is 63.7 Å². The average Bonchev–Trinajstić information content (AvgIpc) is 3.19. The first-order valence-electron chi connectivity index (χ1n) is 6.31. The first-order valence-corrected chi connectivity index (χ1v) is 9.00. The fourth-order valence-electron chi connectivity index (χ4n) is 2.10. The van der Waals surface area contributed by atoms with Gasteiger partial charge in [-0.2, -0.15) is 0 Å². The lowest BCUT2D eigenvalue weighted by molar-refractivity contribution is 0.0785. The average molecular weight is 352 g/mol. The quantitative estimate of drug-likeness (QED) is 0.765. The maximum absolute atomic E-state index is 12.5. The smallest absolute Gasteiger partial charge is 0.265 e. The van der Waals surface area contributed by atoms with Crippen molar-refractivity contribution in [1.29, 1.82) is 0 Å². The van der Waals surface area contributed by atoms with Gasteiger partial charge < -0.3 is 9.64 Å². The van der Waals surface area contributed by atoms with Crippen molar-refractivity contribution in [2.45, 2.75) is 17.7 Å². The Kier molecular flexibility index (Phi) is 4.70. The third kappa shape index (κ3) is 3.81. The van der Waals surface area contributed by atoms with E-state index in [0.717, 1.165) is 12.8 Å². The fraction of sp³-hybridized carbons (Fsp3) is 0.462. The Hall–Kier alpha value is -0.980. The summed E-state index contributed by atoms with van der Waals surface area (Å²) >= 11 is 5.90. The van der Waals surface area contributed by atoms with Gasteiger partial charge in [0.2, 0.25) is 0 Å². The molecular formula is C13H15Cl2NO4S. The highest BCUT2D eigenvalue weighted by Gasteiger charge is 2.29. The Labute approximate surface area is 133 Å². The SMILES string of the molecule is COc1c(C(=O)N(C)CC2CC2)cc(Cl)cc1S(=O)(=O)Cl. The maximum Gasteiger partial charge on any atom is 0.265 e. The van der Waals surface area contributed by atoms with Crippen molar-refractivity contribution in [2.24, 2.45) is 5.92 Å². The molecule has 8 heteroatoms. The van der Waals surface area contributed by atoms with Crippen LogP contribution in [0, 0.1) is 5.92 Å². The van der Waals surface area contributed by atoms with E-state index < -0.39 is 9.05 Å². The van der Waals surface area contributed by atoms with Gasteiger partial charge in [0.1, 0.15) is 4.90 Å². The van der Waals surface area contributed by atoms with E-state index in [-0.39, 0.29) is 27.1 Å². The number of rotatable bonds is 5. The molecule has 116 valence electrons. The van der Waals surface area contributed by atoms with Gasteiger partial charge in [0.05, 0.1) is 12.7 Å². The normalized spacial score (nSPS) is 14.9. The first-order chi connectivity index (χ1) is 9.74. The van der Waals surface area contributed by atoms with E-state index in [1.165, 1.54) is 24.1 Å². The number of hydrogen-bond acceptors (Lipinski definition) is 4. The number of carbonyl (C=O) groups excluding carboxylic acids is 1. The lowest BCUT2D eigenvalue weighted by atomic mass is 10.1. The first kappa shape index (κ1) is 16.4. The standard InChI is InChI=1S/C13H15Cl2NO4S/c1-16(7-8-3-4-8)13(17)10-5-9(14)6-11(12(10)20-2)21(15,18)19/h5-6,8H,3-4,7H2,1-2H3. The van der Waals surface area contributed by atoms with Crippen LogP contribution in [-0.2, 0) is 9.05 Å². The van der Waals surface area contributed by atoms with E-state index in [1.54, 1.807) is 7.05 Å².